The third-order valence-electron chi connectivity index (χ3n) is 1.48. The zero-order chi connectivity index (χ0) is 12.1. The highest BCUT2D eigenvalue weighted by molar-refractivity contribution is 5.73. The van der Waals surface area contributed by atoms with Crippen LogP contribution in [0.15, 0.2) is 0 Å². The second-order valence-corrected chi connectivity index (χ2v) is 2.73. The predicted octanol–water partition coefficient (Wildman–Crippen LogP) is 0.843. The van der Waals surface area contributed by atoms with Crippen molar-refractivity contribution in [3.05, 3.63) is 0 Å². The maximum absolute atomic E-state index is 12.1. The second-order valence-electron chi connectivity index (χ2n) is 2.73. The molecule has 0 amide bonds. The van der Waals surface area contributed by atoms with Crippen LogP contribution in [0.2, 0.25) is 0 Å². The lowest BCUT2D eigenvalue weighted by molar-refractivity contribution is -0.192. The molecule has 0 unspecified atom stereocenters. The molecular weight excluding hydrogens is 220 g/mol. The lowest BCUT2D eigenvalue weighted by Crippen LogP contribution is -2.21. The van der Waals surface area contributed by atoms with E-state index >= 15 is 0 Å². The molecule has 2 N–H and O–H groups in total. The van der Waals surface area contributed by atoms with E-state index in [0.717, 1.165) is 0 Å². The van der Waals surface area contributed by atoms with Crippen molar-refractivity contribution in [1.82, 2.24) is 5.32 Å². The van der Waals surface area contributed by atoms with Crippen LogP contribution in [0.4, 0.5) is 17.6 Å². The van der Waals surface area contributed by atoms with Gasteiger partial charge in [0.05, 0.1) is 12.1 Å². The van der Waals surface area contributed by atoms with Crippen molar-refractivity contribution in [1.29, 1.82) is 5.26 Å². The van der Waals surface area contributed by atoms with Crippen LogP contribution in [0.3, 0.4) is 0 Å². The van der Waals surface area contributed by atoms with Crippen LogP contribution < -0.4 is 5.32 Å². The lowest BCUT2D eigenvalue weighted by atomic mass is 10.2. The molecule has 0 saturated carbocycles. The summed E-state index contributed by atoms with van der Waals surface area (Å²) in [5.74, 6) is -2.76. The predicted molar refractivity (Wildman–Crippen MR) is 40.6 cm³/mol. The van der Waals surface area contributed by atoms with Crippen molar-refractivity contribution >= 4 is 5.97 Å². The van der Waals surface area contributed by atoms with Gasteiger partial charge in [-0.2, -0.15) is 18.4 Å². The minimum Gasteiger partial charge on any atom is -0.475 e. The summed E-state index contributed by atoms with van der Waals surface area (Å²) in [5, 5.41) is 18.0. The number of hydrogen-bond donors (Lipinski definition) is 2. The van der Waals surface area contributed by atoms with Gasteiger partial charge in [-0.25, -0.2) is 9.18 Å². The fraction of sp³-hybridized carbons (Fsp3) is 0.714. The number of alkyl halides is 4. The van der Waals surface area contributed by atoms with E-state index in [1.54, 1.807) is 0 Å². The van der Waals surface area contributed by atoms with Gasteiger partial charge in [0, 0.05) is 13.0 Å². The van der Waals surface area contributed by atoms with Gasteiger partial charge in [0.25, 0.3) is 0 Å². The van der Waals surface area contributed by atoms with Crippen molar-refractivity contribution in [2.45, 2.75) is 24.8 Å². The molecule has 1 rings (SSSR count). The molecule has 1 fully saturated rings. The standard InChI is InChI=1S/C5H7FN2.C2HF3O2/c6-4-1-5(2-7)8-3-4;3-2(4,5)1(6)7/h4-5,8H,1,3H2;(H,6,7)/t4-,5-;/m0./s1. The minimum absolute atomic E-state index is 0.245. The average Bonchev–Trinajstić information content (AvgIpc) is 2.50. The first-order valence-electron chi connectivity index (χ1n) is 3.84. The van der Waals surface area contributed by atoms with Gasteiger partial charge in [-0.15, -0.1) is 0 Å². The Kier molecular flexibility index (Phi) is 5.00. The maximum atomic E-state index is 12.1. The number of hydrogen-bond acceptors (Lipinski definition) is 3. The highest BCUT2D eigenvalue weighted by atomic mass is 19.4. The molecule has 0 spiro atoms. The number of nitrogens with one attached hydrogen (secondary N) is 1. The van der Waals surface area contributed by atoms with Crippen LogP contribution in [0.1, 0.15) is 6.42 Å². The molecule has 1 heterocycles. The van der Waals surface area contributed by atoms with Gasteiger partial charge >= 0.3 is 12.1 Å². The second kappa shape index (κ2) is 5.50. The fourth-order valence-corrected chi connectivity index (χ4v) is 0.791. The van der Waals surface area contributed by atoms with E-state index in [9.17, 15) is 17.6 Å². The molecule has 0 aliphatic carbocycles. The Bertz CT molecular complexity index is 261. The molecule has 15 heavy (non-hydrogen) atoms. The fourth-order valence-electron chi connectivity index (χ4n) is 0.791. The SMILES string of the molecule is N#C[C@@H]1C[C@H](F)CN1.O=C(O)C(F)(F)F. The molecule has 0 aromatic heterocycles. The molecule has 0 radical (unpaired) electrons. The summed E-state index contributed by atoms with van der Waals surface area (Å²) in [5.41, 5.74) is 0. The Morgan fingerprint density at radius 1 is 1.53 bits per heavy atom. The smallest absolute Gasteiger partial charge is 0.475 e. The van der Waals surface area contributed by atoms with E-state index in [1.807, 2.05) is 6.07 Å². The van der Waals surface area contributed by atoms with Crippen molar-refractivity contribution in [3.8, 4) is 6.07 Å². The summed E-state index contributed by atoms with van der Waals surface area (Å²) < 4.78 is 43.9. The van der Waals surface area contributed by atoms with Crippen molar-refractivity contribution < 1.29 is 27.5 Å². The Balaban J connectivity index is 0.000000265. The summed E-state index contributed by atoms with van der Waals surface area (Å²) >= 11 is 0. The topological polar surface area (TPSA) is 73.1 Å². The molecular formula is C7H8F4N2O2. The number of carboxylic acid groups (broad SMARTS) is 1. The average molecular weight is 228 g/mol. The Hall–Kier alpha value is -1.36. The number of carboxylic acids is 1. The third-order valence-corrected chi connectivity index (χ3v) is 1.48. The van der Waals surface area contributed by atoms with Gasteiger partial charge in [0.15, 0.2) is 0 Å². The van der Waals surface area contributed by atoms with Crippen LogP contribution in [0, 0.1) is 11.3 Å². The summed E-state index contributed by atoms with van der Waals surface area (Å²) in [7, 11) is 0. The van der Waals surface area contributed by atoms with E-state index in [1.165, 1.54) is 0 Å². The van der Waals surface area contributed by atoms with Crippen molar-refractivity contribution in [2.24, 2.45) is 0 Å². The monoisotopic (exact) mass is 228 g/mol. The van der Waals surface area contributed by atoms with Crippen LogP contribution in [0.5, 0.6) is 0 Å². The molecule has 1 aliphatic rings. The molecule has 2 atom stereocenters. The highest BCUT2D eigenvalue weighted by Crippen LogP contribution is 2.13. The number of nitrogens with zero attached hydrogens (tertiary/aromatic N) is 1. The zero-order valence-corrected chi connectivity index (χ0v) is 7.38. The Morgan fingerprint density at radius 3 is 2.13 bits per heavy atom. The summed E-state index contributed by atoms with van der Waals surface area (Å²) in [6.07, 6.45) is -5.53. The molecule has 86 valence electrons. The van der Waals surface area contributed by atoms with Gasteiger partial charge in [-0.3, -0.25) is 5.32 Å². The number of halogens is 4. The van der Waals surface area contributed by atoms with Crippen molar-refractivity contribution in [3.63, 3.8) is 0 Å². The van der Waals surface area contributed by atoms with E-state index in [2.05, 4.69) is 5.32 Å². The molecule has 1 aliphatic heterocycles. The van der Waals surface area contributed by atoms with Gasteiger partial charge in [0.2, 0.25) is 0 Å². The lowest BCUT2D eigenvalue weighted by Gasteiger charge is -1.93. The highest BCUT2D eigenvalue weighted by Gasteiger charge is 2.38. The molecule has 1 saturated heterocycles. The quantitative estimate of drug-likeness (QED) is 0.602. The zero-order valence-electron chi connectivity index (χ0n) is 7.38. The first-order chi connectivity index (χ1) is 6.77. The summed E-state index contributed by atoms with van der Waals surface area (Å²) in [4.78, 5) is 8.90. The molecule has 8 heteroatoms. The first-order valence-corrected chi connectivity index (χ1v) is 3.84. The number of carbonyl (C=O) groups is 1. The van der Waals surface area contributed by atoms with E-state index < -0.39 is 18.3 Å². The van der Waals surface area contributed by atoms with Crippen LogP contribution in [-0.4, -0.2) is 36.0 Å². The summed E-state index contributed by atoms with van der Waals surface area (Å²) in [6, 6.07) is 1.70. The number of nitriles is 1. The maximum Gasteiger partial charge on any atom is 0.490 e. The van der Waals surface area contributed by atoms with Gasteiger partial charge < -0.3 is 5.11 Å². The van der Waals surface area contributed by atoms with Gasteiger partial charge in [-0.05, 0) is 0 Å². The molecule has 0 aromatic carbocycles. The largest absolute Gasteiger partial charge is 0.490 e. The molecule has 4 nitrogen and oxygen atoms in total. The van der Waals surface area contributed by atoms with E-state index in [0.29, 0.717) is 13.0 Å². The summed E-state index contributed by atoms with van der Waals surface area (Å²) in [6.45, 7) is 0.345. The normalized spacial score (nSPS) is 25.0. The van der Waals surface area contributed by atoms with E-state index in [4.69, 9.17) is 15.2 Å². The van der Waals surface area contributed by atoms with Gasteiger partial charge in [-0.1, -0.05) is 0 Å². The van der Waals surface area contributed by atoms with Gasteiger partial charge in [0.1, 0.15) is 6.17 Å². The number of aliphatic carboxylic acids is 1. The van der Waals surface area contributed by atoms with Crippen LogP contribution in [0.25, 0.3) is 0 Å². The Labute approximate surface area is 82.5 Å². The van der Waals surface area contributed by atoms with Crippen LogP contribution in [-0.2, 0) is 4.79 Å². The number of rotatable bonds is 0. The third kappa shape index (κ3) is 5.85. The molecule has 0 aromatic rings. The van der Waals surface area contributed by atoms with Crippen molar-refractivity contribution in [2.75, 3.05) is 6.54 Å². The molecule has 0 bridgehead atoms. The van der Waals surface area contributed by atoms with E-state index in [-0.39, 0.29) is 6.04 Å². The minimum atomic E-state index is -5.08. The van der Waals surface area contributed by atoms with Crippen LogP contribution >= 0.6 is 0 Å². The first kappa shape index (κ1) is 13.6. The Morgan fingerprint density at radius 2 is 2.00 bits per heavy atom.